The van der Waals surface area contributed by atoms with E-state index in [1.807, 2.05) is 73.7 Å². The second kappa shape index (κ2) is 8.63. The number of fused-ring (bicyclic) bond motifs is 2. The zero-order chi connectivity index (χ0) is 22.8. The fraction of sp³-hybridized carbons (Fsp3) is 0.115. The molecule has 0 bridgehead atoms. The minimum atomic E-state index is -0.181. The van der Waals surface area contributed by atoms with Crippen LogP contribution in [0.4, 0.5) is 0 Å². The highest BCUT2D eigenvalue weighted by Crippen LogP contribution is 2.31. The molecular formula is C26H22N4O3. The first-order valence-electron chi connectivity index (χ1n) is 10.6. The average Bonchev–Trinajstić information content (AvgIpc) is 3.18. The number of hydrogen-bond acceptors (Lipinski definition) is 5. The first-order chi connectivity index (χ1) is 16.1. The molecular weight excluding hydrogens is 416 g/mol. The molecule has 1 amide bonds. The van der Waals surface area contributed by atoms with Crippen LogP contribution >= 0.6 is 0 Å². The lowest BCUT2D eigenvalue weighted by Gasteiger charge is -2.11. The number of amides is 1. The van der Waals surface area contributed by atoms with Crippen molar-refractivity contribution in [2.24, 2.45) is 0 Å². The second-order valence-corrected chi connectivity index (χ2v) is 7.58. The van der Waals surface area contributed by atoms with E-state index in [4.69, 9.17) is 9.47 Å². The minimum absolute atomic E-state index is 0.181. The number of nitrogens with one attached hydrogen (secondary N) is 1. The number of carbonyl (C=O) groups is 1. The second-order valence-electron chi connectivity index (χ2n) is 7.58. The number of rotatable bonds is 6. The van der Waals surface area contributed by atoms with Crippen molar-refractivity contribution in [3.8, 4) is 17.2 Å². The van der Waals surface area contributed by atoms with Crippen molar-refractivity contribution >= 4 is 22.5 Å². The standard InChI is InChI=1S/C26H22N4O3/c1-17-25(26(31)27-2)30-13-11-20(15-24(30)29-17)33-23-10-12-28-22-14-19(8-9-21(22)23)32-16-18-6-4-3-5-7-18/h3-15H,16H2,1-2H3,(H,27,31). The van der Waals surface area contributed by atoms with Crippen LogP contribution < -0.4 is 14.8 Å². The van der Waals surface area contributed by atoms with Crippen molar-refractivity contribution in [1.29, 1.82) is 0 Å². The molecule has 0 aliphatic rings. The Morgan fingerprint density at radius 3 is 2.70 bits per heavy atom. The van der Waals surface area contributed by atoms with Gasteiger partial charge >= 0.3 is 0 Å². The number of pyridine rings is 2. The van der Waals surface area contributed by atoms with Gasteiger partial charge in [0.15, 0.2) is 0 Å². The zero-order valence-corrected chi connectivity index (χ0v) is 18.3. The Balaban J connectivity index is 1.40. The Kier molecular flexibility index (Phi) is 5.36. The van der Waals surface area contributed by atoms with E-state index in [0.29, 0.717) is 35.1 Å². The number of hydrogen-bond donors (Lipinski definition) is 1. The number of benzene rings is 2. The van der Waals surface area contributed by atoms with Crippen molar-refractivity contribution in [3.63, 3.8) is 0 Å². The van der Waals surface area contributed by atoms with E-state index >= 15 is 0 Å². The topological polar surface area (TPSA) is 77.8 Å². The van der Waals surface area contributed by atoms with Gasteiger partial charge in [0.1, 0.15) is 35.2 Å². The highest BCUT2D eigenvalue weighted by molar-refractivity contribution is 5.94. The molecule has 2 aromatic carbocycles. The summed E-state index contributed by atoms with van der Waals surface area (Å²) in [5.41, 5.74) is 3.68. The van der Waals surface area contributed by atoms with Crippen molar-refractivity contribution in [2.45, 2.75) is 13.5 Å². The third kappa shape index (κ3) is 4.08. The molecule has 7 heteroatoms. The van der Waals surface area contributed by atoms with E-state index in [2.05, 4.69) is 15.3 Å². The van der Waals surface area contributed by atoms with Gasteiger partial charge in [-0.2, -0.15) is 0 Å². The summed E-state index contributed by atoms with van der Waals surface area (Å²) in [6.07, 6.45) is 3.49. The normalized spacial score (nSPS) is 11.0. The van der Waals surface area contributed by atoms with E-state index in [1.165, 1.54) is 0 Å². The lowest BCUT2D eigenvalue weighted by molar-refractivity contribution is 0.0956. The van der Waals surface area contributed by atoms with Crippen molar-refractivity contribution in [2.75, 3.05) is 7.05 Å². The monoisotopic (exact) mass is 438 g/mol. The Labute approximate surface area is 190 Å². The summed E-state index contributed by atoms with van der Waals surface area (Å²) in [4.78, 5) is 21.1. The Bertz CT molecular complexity index is 1460. The van der Waals surface area contributed by atoms with Gasteiger partial charge in [0, 0.05) is 37.0 Å². The van der Waals surface area contributed by atoms with E-state index in [0.717, 1.165) is 22.2 Å². The molecule has 0 radical (unpaired) electrons. The van der Waals surface area contributed by atoms with Gasteiger partial charge < -0.3 is 14.8 Å². The molecule has 0 atom stereocenters. The predicted octanol–water partition coefficient (Wildman–Crippen LogP) is 4.92. The number of carbonyl (C=O) groups excluding carboxylic acids is 1. The van der Waals surface area contributed by atoms with Crippen LogP contribution in [0.15, 0.2) is 79.1 Å². The fourth-order valence-corrected chi connectivity index (χ4v) is 3.75. The molecule has 33 heavy (non-hydrogen) atoms. The summed E-state index contributed by atoms with van der Waals surface area (Å²) >= 11 is 0. The third-order valence-electron chi connectivity index (χ3n) is 5.36. The SMILES string of the molecule is CNC(=O)c1c(C)nc2cc(Oc3ccnc4cc(OCc5ccccc5)ccc34)ccn12. The maximum absolute atomic E-state index is 12.2. The average molecular weight is 438 g/mol. The van der Waals surface area contributed by atoms with Crippen molar-refractivity contribution in [3.05, 3.63) is 96.1 Å². The highest BCUT2D eigenvalue weighted by Gasteiger charge is 2.16. The molecule has 0 aliphatic heterocycles. The van der Waals surface area contributed by atoms with E-state index in [-0.39, 0.29) is 5.91 Å². The molecule has 1 N–H and O–H groups in total. The molecule has 0 spiro atoms. The zero-order valence-electron chi connectivity index (χ0n) is 18.3. The summed E-state index contributed by atoms with van der Waals surface area (Å²) in [6.45, 7) is 2.30. The molecule has 7 nitrogen and oxygen atoms in total. The number of imidazole rings is 1. The first-order valence-corrected chi connectivity index (χ1v) is 10.6. The third-order valence-corrected chi connectivity index (χ3v) is 5.36. The van der Waals surface area contributed by atoms with Crippen molar-refractivity contribution in [1.82, 2.24) is 19.7 Å². The molecule has 3 heterocycles. The first kappa shape index (κ1) is 20.5. The van der Waals surface area contributed by atoms with E-state index in [1.54, 1.807) is 23.8 Å². The van der Waals surface area contributed by atoms with Crippen LogP contribution in [0.5, 0.6) is 17.2 Å². The van der Waals surface area contributed by atoms with Gasteiger partial charge in [0.2, 0.25) is 0 Å². The van der Waals surface area contributed by atoms with Crippen LogP contribution in [-0.4, -0.2) is 27.3 Å². The summed E-state index contributed by atoms with van der Waals surface area (Å²) in [5.74, 6) is 1.85. The molecule has 0 saturated carbocycles. The summed E-state index contributed by atoms with van der Waals surface area (Å²) in [6, 6.07) is 21.2. The number of nitrogens with zero attached hydrogens (tertiary/aromatic N) is 3. The number of ether oxygens (including phenoxy) is 2. The number of aromatic nitrogens is 3. The van der Waals surface area contributed by atoms with Gasteiger partial charge in [-0.3, -0.25) is 14.2 Å². The van der Waals surface area contributed by atoms with Gasteiger partial charge in [0.05, 0.1) is 11.2 Å². The van der Waals surface area contributed by atoms with Crippen LogP contribution in [0.2, 0.25) is 0 Å². The summed E-state index contributed by atoms with van der Waals surface area (Å²) in [5, 5.41) is 3.52. The van der Waals surface area contributed by atoms with Crippen LogP contribution in [0.3, 0.4) is 0 Å². The Hall–Kier alpha value is -4.39. The van der Waals surface area contributed by atoms with Gasteiger partial charge in [0.25, 0.3) is 5.91 Å². The molecule has 0 fully saturated rings. The van der Waals surface area contributed by atoms with Crippen LogP contribution in [0.1, 0.15) is 21.7 Å². The molecule has 0 unspecified atom stereocenters. The molecule has 3 aromatic heterocycles. The van der Waals surface area contributed by atoms with Gasteiger partial charge in [-0.15, -0.1) is 0 Å². The maximum atomic E-state index is 12.2. The van der Waals surface area contributed by atoms with Crippen LogP contribution in [-0.2, 0) is 6.61 Å². The fourth-order valence-electron chi connectivity index (χ4n) is 3.75. The maximum Gasteiger partial charge on any atom is 0.269 e. The molecule has 5 aromatic rings. The van der Waals surface area contributed by atoms with Gasteiger partial charge in [-0.05, 0) is 36.8 Å². The lowest BCUT2D eigenvalue weighted by atomic mass is 10.2. The number of aryl methyl sites for hydroxylation is 1. The molecule has 164 valence electrons. The largest absolute Gasteiger partial charge is 0.489 e. The quantitative estimate of drug-likeness (QED) is 0.407. The molecule has 0 aliphatic carbocycles. The Morgan fingerprint density at radius 2 is 1.88 bits per heavy atom. The smallest absolute Gasteiger partial charge is 0.269 e. The minimum Gasteiger partial charge on any atom is -0.489 e. The molecule has 0 saturated heterocycles. The van der Waals surface area contributed by atoms with Crippen LogP contribution in [0.25, 0.3) is 16.6 Å². The van der Waals surface area contributed by atoms with Crippen molar-refractivity contribution < 1.29 is 14.3 Å². The van der Waals surface area contributed by atoms with E-state index in [9.17, 15) is 4.79 Å². The summed E-state index contributed by atoms with van der Waals surface area (Å²) in [7, 11) is 1.60. The summed E-state index contributed by atoms with van der Waals surface area (Å²) < 4.78 is 13.8. The molecule has 5 rings (SSSR count). The van der Waals surface area contributed by atoms with Gasteiger partial charge in [-0.1, -0.05) is 30.3 Å². The Morgan fingerprint density at radius 1 is 1.03 bits per heavy atom. The predicted molar refractivity (Wildman–Crippen MR) is 126 cm³/mol. The lowest BCUT2D eigenvalue weighted by Crippen LogP contribution is -2.20. The van der Waals surface area contributed by atoms with E-state index < -0.39 is 0 Å². The van der Waals surface area contributed by atoms with Gasteiger partial charge in [-0.25, -0.2) is 4.98 Å². The highest BCUT2D eigenvalue weighted by atomic mass is 16.5. The van der Waals surface area contributed by atoms with Crippen LogP contribution in [0, 0.1) is 6.92 Å².